The molecular formula is C20H25ClN4O2. The Morgan fingerprint density at radius 3 is 2.59 bits per heavy atom. The standard InChI is InChI=1S/C20H24N4O2.ClH/c25-19(14-23-26)18-6-7-20(22-13-18)21-12-16-8-10-24(11-9-16)15-17-4-2-1-3-5-17;/h1-7,13-14,16,26H,8-12,15H2,(H,21,22);1H/b23-14+;. The molecule has 0 amide bonds. The number of oxime groups is 1. The highest BCUT2D eigenvalue weighted by atomic mass is 35.5. The summed E-state index contributed by atoms with van der Waals surface area (Å²) in [6, 6.07) is 14.1. The lowest BCUT2D eigenvalue weighted by atomic mass is 9.96. The molecular weight excluding hydrogens is 364 g/mol. The number of piperidine rings is 1. The van der Waals surface area contributed by atoms with Crippen LogP contribution in [0.4, 0.5) is 5.82 Å². The molecule has 2 heterocycles. The van der Waals surface area contributed by atoms with E-state index in [-0.39, 0.29) is 18.2 Å². The van der Waals surface area contributed by atoms with E-state index in [1.807, 2.05) is 0 Å². The van der Waals surface area contributed by atoms with E-state index < -0.39 is 0 Å². The average molecular weight is 389 g/mol. The number of likely N-dealkylation sites (tertiary alicyclic amines) is 1. The summed E-state index contributed by atoms with van der Waals surface area (Å²) in [5.74, 6) is 1.03. The van der Waals surface area contributed by atoms with Gasteiger partial charge in [-0.15, -0.1) is 12.4 Å². The molecule has 0 unspecified atom stereocenters. The number of ketones is 1. The van der Waals surface area contributed by atoms with Crippen LogP contribution >= 0.6 is 12.4 Å². The van der Waals surface area contributed by atoms with Gasteiger partial charge in [0, 0.05) is 24.8 Å². The monoisotopic (exact) mass is 388 g/mol. The van der Waals surface area contributed by atoms with Gasteiger partial charge in [-0.1, -0.05) is 35.5 Å². The third kappa shape index (κ3) is 6.34. The van der Waals surface area contributed by atoms with Crippen molar-refractivity contribution in [2.75, 3.05) is 25.0 Å². The van der Waals surface area contributed by atoms with E-state index in [0.717, 1.165) is 38.2 Å². The second-order valence-electron chi connectivity index (χ2n) is 6.63. The van der Waals surface area contributed by atoms with Gasteiger partial charge >= 0.3 is 0 Å². The number of carbonyl (C=O) groups excluding carboxylic acids is 1. The Bertz CT molecular complexity index is 729. The van der Waals surface area contributed by atoms with Crippen molar-refractivity contribution in [2.45, 2.75) is 19.4 Å². The molecule has 6 nitrogen and oxygen atoms in total. The van der Waals surface area contributed by atoms with E-state index in [1.54, 1.807) is 12.1 Å². The third-order valence-electron chi connectivity index (χ3n) is 4.75. The second kappa shape index (κ2) is 10.6. The minimum Gasteiger partial charge on any atom is -0.411 e. The zero-order chi connectivity index (χ0) is 18.2. The smallest absolute Gasteiger partial charge is 0.208 e. The number of rotatable bonds is 7. The summed E-state index contributed by atoms with van der Waals surface area (Å²) in [5, 5.41) is 14.5. The molecule has 144 valence electrons. The zero-order valence-electron chi connectivity index (χ0n) is 15.1. The largest absolute Gasteiger partial charge is 0.411 e. The molecule has 1 aliphatic heterocycles. The van der Waals surface area contributed by atoms with Crippen molar-refractivity contribution in [3.63, 3.8) is 0 Å². The van der Waals surface area contributed by atoms with Crippen LogP contribution in [-0.4, -0.2) is 46.7 Å². The lowest BCUT2D eigenvalue weighted by molar-refractivity contribution is 0.106. The molecule has 7 heteroatoms. The molecule has 2 N–H and O–H groups in total. The van der Waals surface area contributed by atoms with Gasteiger partial charge < -0.3 is 10.5 Å². The highest BCUT2D eigenvalue weighted by Gasteiger charge is 2.19. The summed E-state index contributed by atoms with van der Waals surface area (Å²) < 4.78 is 0. The first-order valence-electron chi connectivity index (χ1n) is 8.92. The number of hydrogen-bond acceptors (Lipinski definition) is 6. The van der Waals surface area contributed by atoms with Crippen molar-refractivity contribution in [3.05, 3.63) is 59.8 Å². The second-order valence-corrected chi connectivity index (χ2v) is 6.63. The van der Waals surface area contributed by atoms with Crippen molar-refractivity contribution in [1.82, 2.24) is 9.88 Å². The number of nitrogens with one attached hydrogen (secondary N) is 1. The predicted octanol–water partition coefficient (Wildman–Crippen LogP) is 3.47. The maximum atomic E-state index is 11.5. The Kier molecular flexibility index (Phi) is 8.23. The Balaban J connectivity index is 0.00000261. The van der Waals surface area contributed by atoms with Gasteiger partial charge in [0.15, 0.2) is 0 Å². The zero-order valence-corrected chi connectivity index (χ0v) is 15.9. The fraction of sp³-hybridized carbons (Fsp3) is 0.350. The molecule has 27 heavy (non-hydrogen) atoms. The molecule has 0 spiro atoms. The SMILES string of the molecule is Cl.O=C(/C=N/O)c1ccc(NCC2CCN(Cc3ccccc3)CC2)nc1. The molecule has 1 aromatic carbocycles. The first-order chi connectivity index (χ1) is 12.7. The van der Waals surface area contributed by atoms with Crippen LogP contribution in [0.15, 0.2) is 53.8 Å². The molecule has 3 rings (SSSR count). The number of anilines is 1. The highest BCUT2D eigenvalue weighted by Crippen LogP contribution is 2.19. The van der Waals surface area contributed by atoms with Gasteiger partial charge in [0.05, 0.1) is 0 Å². The van der Waals surface area contributed by atoms with Crippen LogP contribution in [0.2, 0.25) is 0 Å². The number of hydrogen-bond donors (Lipinski definition) is 2. The Morgan fingerprint density at radius 1 is 1.22 bits per heavy atom. The molecule has 0 aliphatic carbocycles. The number of pyridine rings is 1. The molecule has 1 saturated heterocycles. The van der Waals surface area contributed by atoms with Crippen molar-refractivity contribution >= 4 is 30.2 Å². The Hall–Kier alpha value is -2.44. The van der Waals surface area contributed by atoms with Crippen molar-refractivity contribution in [1.29, 1.82) is 0 Å². The van der Waals surface area contributed by atoms with E-state index in [2.05, 4.69) is 50.7 Å². The summed E-state index contributed by atoms with van der Waals surface area (Å²) >= 11 is 0. The average Bonchev–Trinajstić information content (AvgIpc) is 2.69. The van der Waals surface area contributed by atoms with Gasteiger partial charge in [0.1, 0.15) is 12.0 Å². The van der Waals surface area contributed by atoms with E-state index in [1.165, 1.54) is 24.6 Å². The molecule has 2 aromatic rings. The van der Waals surface area contributed by atoms with Crippen LogP contribution in [0.25, 0.3) is 0 Å². The summed E-state index contributed by atoms with van der Waals surface area (Å²) in [6.45, 7) is 4.14. The van der Waals surface area contributed by atoms with Crippen LogP contribution in [0, 0.1) is 5.92 Å². The summed E-state index contributed by atoms with van der Waals surface area (Å²) in [7, 11) is 0. The van der Waals surface area contributed by atoms with E-state index in [0.29, 0.717) is 11.5 Å². The van der Waals surface area contributed by atoms with Crippen LogP contribution in [0.5, 0.6) is 0 Å². The minimum absolute atomic E-state index is 0. The summed E-state index contributed by atoms with van der Waals surface area (Å²) in [5.41, 5.74) is 1.77. The first-order valence-corrected chi connectivity index (χ1v) is 8.92. The first kappa shape index (κ1) is 20.9. The van der Waals surface area contributed by atoms with Gasteiger partial charge in [-0.25, -0.2) is 4.98 Å². The molecule has 0 radical (unpaired) electrons. The van der Waals surface area contributed by atoms with E-state index in [9.17, 15) is 4.79 Å². The Labute approximate surface area is 165 Å². The number of Topliss-reactive ketones (excluding diaryl/α,β-unsaturated/α-hetero) is 1. The molecule has 0 saturated carbocycles. The topological polar surface area (TPSA) is 77.8 Å². The fourth-order valence-corrected chi connectivity index (χ4v) is 3.21. The number of benzene rings is 1. The van der Waals surface area contributed by atoms with Gasteiger partial charge in [0.25, 0.3) is 0 Å². The quantitative estimate of drug-likeness (QED) is 0.328. The van der Waals surface area contributed by atoms with Crippen LogP contribution in [0.3, 0.4) is 0 Å². The molecule has 1 aromatic heterocycles. The number of nitrogens with zero attached hydrogens (tertiary/aromatic N) is 3. The van der Waals surface area contributed by atoms with Gasteiger partial charge in [0.2, 0.25) is 5.78 Å². The fourth-order valence-electron chi connectivity index (χ4n) is 3.21. The molecule has 0 bridgehead atoms. The van der Waals surface area contributed by atoms with Gasteiger partial charge in [-0.2, -0.15) is 0 Å². The van der Waals surface area contributed by atoms with Crippen molar-refractivity contribution < 1.29 is 10.0 Å². The Morgan fingerprint density at radius 2 is 1.96 bits per heavy atom. The minimum atomic E-state index is -0.364. The maximum Gasteiger partial charge on any atom is 0.208 e. The lowest BCUT2D eigenvalue weighted by Crippen LogP contribution is -2.35. The highest BCUT2D eigenvalue weighted by molar-refractivity contribution is 6.35. The predicted molar refractivity (Wildman–Crippen MR) is 109 cm³/mol. The number of halogens is 1. The summed E-state index contributed by atoms with van der Waals surface area (Å²) in [6.07, 6.45) is 4.70. The van der Waals surface area contributed by atoms with Crippen molar-refractivity contribution in [2.24, 2.45) is 11.1 Å². The third-order valence-corrected chi connectivity index (χ3v) is 4.75. The van der Waals surface area contributed by atoms with Gasteiger partial charge in [-0.3, -0.25) is 9.69 Å². The molecule has 1 fully saturated rings. The van der Waals surface area contributed by atoms with E-state index in [4.69, 9.17) is 5.21 Å². The molecule has 0 atom stereocenters. The normalized spacial score (nSPS) is 15.4. The summed E-state index contributed by atoms with van der Waals surface area (Å²) in [4.78, 5) is 18.3. The van der Waals surface area contributed by atoms with Crippen LogP contribution in [0.1, 0.15) is 28.8 Å². The number of aromatic nitrogens is 1. The van der Waals surface area contributed by atoms with Crippen LogP contribution < -0.4 is 5.32 Å². The molecule has 1 aliphatic rings. The van der Waals surface area contributed by atoms with Gasteiger partial charge in [-0.05, 0) is 49.5 Å². The van der Waals surface area contributed by atoms with Crippen molar-refractivity contribution in [3.8, 4) is 0 Å². The van der Waals surface area contributed by atoms with Crippen LogP contribution in [-0.2, 0) is 6.54 Å². The number of carbonyl (C=O) groups is 1. The lowest BCUT2D eigenvalue weighted by Gasteiger charge is -2.32. The maximum absolute atomic E-state index is 11.5. The van der Waals surface area contributed by atoms with E-state index >= 15 is 0 Å².